The number of anilines is 2. The Labute approximate surface area is 90.0 Å². The van der Waals surface area contributed by atoms with Gasteiger partial charge in [-0.1, -0.05) is 0 Å². The summed E-state index contributed by atoms with van der Waals surface area (Å²) < 4.78 is 0. The molecule has 0 radical (unpaired) electrons. The molecule has 0 aliphatic rings. The molecule has 5 nitrogen and oxygen atoms in total. The molecule has 6 heteroatoms. The zero-order chi connectivity index (χ0) is 10.7. The van der Waals surface area contributed by atoms with Gasteiger partial charge in [-0.2, -0.15) is 0 Å². The molecule has 0 aliphatic carbocycles. The van der Waals surface area contributed by atoms with Crippen LogP contribution >= 0.6 is 11.3 Å². The first-order valence-electron chi connectivity index (χ1n) is 4.17. The van der Waals surface area contributed by atoms with Crippen molar-refractivity contribution >= 4 is 28.7 Å². The van der Waals surface area contributed by atoms with Crippen molar-refractivity contribution in [1.82, 2.24) is 9.97 Å². The summed E-state index contributed by atoms with van der Waals surface area (Å²) in [7, 11) is 0. The van der Waals surface area contributed by atoms with Gasteiger partial charge in [0, 0.05) is 0 Å². The summed E-state index contributed by atoms with van der Waals surface area (Å²) >= 11 is 1.28. The van der Waals surface area contributed by atoms with E-state index in [1.807, 2.05) is 0 Å². The maximum absolute atomic E-state index is 11.5. The average Bonchev–Trinajstić information content (AvgIpc) is 2.74. The fourth-order valence-corrected chi connectivity index (χ4v) is 1.50. The van der Waals surface area contributed by atoms with Crippen molar-refractivity contribution in [2.75, 3.05) is 11.1 Å². The van der Waals surface area contributed by atoms with Crippen LogP contribution in [0.2, 0.25) is 0 Å². The Morgan fingerprint density at radius 1 is 1.40 bits per heavy atom. The fourth-order valence-electron chi connectivity index (χ4n) is 0.985. The molecule has 0 atom stereocenters. The highest BCUT2D eigenvalue weighted by Crippen LogP contribution is 2.10. The van der Waals surface area contributed by atoms with Gasteiger partial charge in [0.2, 0.25) is 0 Å². The highest BCUT2D eigenvalue weighted by atomic mass is 32.1. The number of rotatable bonds is 2. The molecule has 1 amide bonds. The number of carbonyl (C=O) groups excluding carboxylic acids is 1. The van der Waals surface area contributed by atoms with E-state index in [9.17, 15) is 4.79 Å². The van der Waals surface area contributed by atoms with Crippen LogP contribution in [-0.2, 0) is 0 Å². The molecule has 0 saturated carbocycles. The van der Waals surface area contributed by atoms with Gasteiger partial charge < -0.3 is 11.1 Å². The van der Waals surface area contributed by atoms with E-state index in [0.717, 1.165) is 0 Å². The van der Waals surface area contributed by atoms with Crippen molar-refractivity contribution < 1.29 is 4.79 Å². The number of aromatic nitrogens is 2. The lowest BCUT2D eigenvalue weighted by Crippen LogP contribution is -2.11. The minimum absolute atomic E-state index is 0.213. The van der Waals surface area contributed by atoms with Crippen LogP contribution in [0.4, 0.5) is 11.5 Å². The average molecular weight is 220 g/mol. The maximum Gasteiger partial charge on any atom is 0.268 e. The number of amides is 1. The number of hydrogen-bond acceptors (Lipinski definition) is 5. The number of nitrogens with one attached hydrogen (secondary N) is 1. The van der Waals surface area contributed by atoms with Crippen molar-refractivity contribution in [3.8, 4) is 0 Å². The summed E-state index contributed by atoms with van der Waals surface area (Å²) in [6.45, 7) is 0. The van der Waals surface area contributed by atoms with Crippen LogP contribution in [0.15, 0.2) is 30.0 Å². The van der Waals surface area contributed by atoms with Gasteiger partial charge in [0.25, 0.3) is 5.91 Å². The number of nitrogen functional groups attached to an aromatic ring is 1. The Morgan fingerprint density at radius 2 is 2.27 bits per heavy atom. The second-order valence-electron chi connectivity index (χ2n) is 2.80. The number of thiazole rings is 1. The Morgan fingerprint density at radius 3 is 2.87 bits per heavy atom. The number of hydrogen-bond donors (Lipinski definition) is 2. The molecule has 2 aromatic heterocycles. The maximum atomic E-state index is 11.5. The van der Waals surface area contributed by atoms with Crippen molar-refractivity contribution in [2.24, 2.45) is 0 Å². The van der Waals surface area contributed by atoms with Gasteiger partial charge in [-0.3, -0.25) is 9.78 Å². The zero-order valence-electron chi connectivity index (χ0n) is 7.68. The zero-order valence-corrected chi connectivity index (χ0v) is 8.49. The van der Waals surface area contributed by atoms with Crippen LogP contribution in [0.3, 0.4) is 0 Å². The molecular formula is C9H8N4OS. The van der Waals surface area contributed by atoms with Crippen LogP contribution in [0.25, 0.3) is 0 Å². The number of pyridine rings is 1. The predicted molar refractivity (Wildman–Crippen MR) is 58.7 cm³/mol. The highest BCUT2D eigenvalue weighted by Gasteiger charge is 2.07. The summed E-state index contributed by atoms with van der Waals surface area (Å²) in [5, 5.41) is 2.64. The first kappa shape index (κ1) is 9.60. The molecule has 0 spiro atoms. The second kappa shape index (κ2) is 4.05. The Balaban J connectivity index is 2.09. The van der Waals surface area contributed by atoms with Gasteiger partial charge in [-0.15, -0.1) is 11.3 Å². The summed E-state index contributed by atoms with van der Waals surface area (Å²) in [6.07, 6.45) is 3.00. The third kappa shape index (κ3) is 2.29. The lowest BCUT2D eigenvalue weighted by molar-refractivity contribution is 0.103. The molecule has 0 saturated heterocycles. The van der Waals surface area contributed by atoms with E-state index in [2.05, 4.69) is 15.3 Å². The molecule has 0 fully saturated rings. The van der Waals surface area contributed by atoms with E-state index >= 15 is 0 Å². The lowest BCUT2D eigenvalue weighted by atomic mass is 10.4. The number of nitrogens with zero attached hydrogens (tertiary/aromatic N) is 2. The normalized spacial score (nSPS) is 9.87. The Kier molecular flexibility index (Phi) is 2.59. The minimum atomic E-state index is -0.213. The topological polar surface area (TPSA) is 80.9 Å². The Hall–Kier alpha value is -1.95. The quantitative estimate of drug-likeness (QED) is 0.801. The first-order chi connectivity index (χ1) is 7.25. The van der Waals surface area contributed by atoms with E-state index < -0.39 is 0 Å². The monoisotopic (exact) mass is 220 g/mol. The van der Waals surface area contributed by atoms with E-state index in [1.165, 1.54) is 23.7 Å². The van der Waals surface area contributed by atoms with Crippen molar-refractivity contribution in [3.63, 3.8) is 0 Å². The summed E-state index contributed by atoms with van der Waals surface area (Å²) in [6, 6.07) is 3.32. The van der Waals surface area contributed by atoms with Crippen molar-refractivity contribution in [3.05, 3.63) is 34.9 Å². The van der Waals surface area contributed by atoms with Gasteiger partial charge in [0.15, 0.2) is 0 Å². The summed E-state index contributed by atoms with van der Waals surface area (Å²) in [5.41, 5.74) is 7.63. The third-order valence-corrected chi connectivity index (χ3v) is 2.46. The third-order valence-electron chi connectivity index (χ3n) is 1.68. The van der Waals surface area contributed by atoms with Crippen LogP contribution < -0.4 is 11.1 Å². The van der Waals surface area contributed by atoms with Crippen molar-refractivity contribution in [1.29, 1.82) is 0 Å². The van der Waals surface area contributed by atoms with E-state index in [-0.39, 0.29) is 5.91 Å². The molecule has 2 rings (SSSR count). The first-order valence-corrected chi connectivity index (χ1v) is 5.05. The lowest BCUT2D eigenvalue weighted by Gasteiger charge is -2.01. The molecular weight excluding hydrogens is 212 g/mol. The van der Waals surface area contributed by atoms with E-state index in [1.54, 1.807) is 17.6 Å². The number of nitrogens with two attached hydrogens (primary N) is 1. The second-order valence-corrected chi connectivity index (χ2v) is 3.68. The molecule has 2 aromatic rings. The molecule has 0 aliphatic heterocycles. The standard InChI is InChI=1S/C9H8N4OS/c10-6-1-2-8(12-3-6)13-9(14)7-4-11-5-15-7/h1-5H,10H2,(H,12,13,14). The Bertz CT molecular complexity index is 451. The molecule has 76 valence electrons. The molecule has 0 unspecified atom stereocenters. The molecule has 3 N–H and O–H groups in total. The smallest absolute Gasteiger partial charge is 0.268 e. The largest absolute Gasteiger partial charge is 0.397 e. The van der Waals surface area contributed by atoms with E-state index in [0.29, 0.717) is 16.4 Å². The predicted octanol–water partition coefficient (Wildman–Crippen LogP) is 1.37. The summed E-state index contributed by atoms with van der Waals surface area (Å²) in [4.78, 5) is 19.9. The van der Waals surface area contributed by atoms with Gasteiger partial charge in [0.1, 0.15) is 10.7 Å². The van der Waals surface area contributed by atoms with Gasteiger partial charge in [-0.05, 0) is 12.1 Å². The molecule has 2 heterocycles. The minimum Gasteiger partial charge on any atom is -0.397 e. The highest BCUT2D eigenvalue weighted by molar-refractivity contribution is 7.11. The van der Waals surface area contributed by atoms with Crippen LogP contribution in [0, 0.1) is 0 Å². The number of carbonyl (C=O) groups is 1. The van der Waals surface area contributed by atoms with Crippen LogP contribution in [-0.4, -0.2) is 15.9 Å². The SMILES string of the molecule is Nc1ccc(NC(=O)c2cncs2)nc1. The molecule has 15 heavy (non-hydrogen) atoms. The molecule has 0 bridgehead atoms. The molecule has 0 aromatic carbocycles. The van der Waals surface area contributed by atoms with Crippen LogP contribution in [0.5, 0.6) is 0 Å². The van der Waals surface area contributed by atoms with Crippen molar-refractivity contribution in [2.45, 2.75) is 0 Å². The van der Waals surface area contributed by atoms with Gasteiger partial charge in [-0.25, -0.2) is 4.98 Å². The van der Waals surface area contributed by atoms with Gasteiger partial charge in [0.05, 0.1) is 23.6 Å². The van der Waals surface area contributed by atoms with Crippen LogP contribution in [0.1, 0.15) is 9.67 Å². The van der Waals surface area contributed by atoms with E-state index in [4.69, 9.17) is 5.73 Å². The fraction of sp³-hybridized carbons (Fsp3) is 0. The van der Waals surface area contributed by atoms with Gasteiger partial charge >= 0.3 is 0 Å². The summed E-state index contributed by atoms with van der Waals surface area (Å²) in [5.74, 6) is 0.261.